The lowest BCUT2D eigenvalue weighted by Gasteiger charge is -2.20. The lowest BCUT2D eigenvalue weighted by atomic mass is 10.2. The highest BCUT2D eigenvalue weighted by atomic mass is 16.8. The maximum absolute atomic E-state index is 11.1. The molecule has 0 aliphatic heterocycles. The molecule has 6 nitrogen and oxygen atoms in total. The summed E-state index contributed by atoms with van der Waals surface area (Å²) in [6.07, 6.45) is -1.89. The highest BCUT2D eigenvalue weighted by molar-refractivity contribution is 5.71. The summed E-state index contributed by atoms with van der Waals surface area (Å²) in [4.78, 5) is 22.1. The molecule has 0 rings (SSSR count). The summed E-state index contributed by atoms with van der Waals surface area (Å²) in [5, 5.41) is 0. The van der Waals surface area contributed by atoms with Gasteiger partial charge in [-0.1, -0.05) is 0 Å². The minimum absolute atomic E-state index is 0.192. The molecule has 0 aliphatic rings. The van der Waals surface area contributed by atoms with Gasteiger partial charge in [-0.25, -0.2) is 9.59 Å². The van der Waals surface area contributed by atoms with Crippen LogP contribution in [0.1, 0.15) is 27.7 Å². The normalized spacial score (nSPS) is 12.8. The third-order valence-electron chi connectivity index (χ3n) is 1.21. The molecule has 0 saturated carbocycles. The van der Waals surface area contributed by atoms with E-state index in [0.717, 1.165) is 0 Å². The Morgan fingerprint density at radius 3 is 2.19 bits per heavy atom. The quantitative estimate of drug-likeness (QED) is 0.542. The molecule has 0 radical (unpaired) electrons. The number of carbonyl (C=O) groups is 2. The predicted octanol–water partition coefficient (Wildman–Crippen LogP) is 1.47. The van der Waals surface area contributed by atoms with E-state index in [1.165, 1.54) is 14.0 Å². The Morgan fingerprint density at radius 2 is 1.75 bits per heavy atom. The standard InChI is InChI=1S/C10H18O6/c1-7(14-8(11)6-13-5)15-9(12)16-10(2,3)4/h7H,6H2,1-5H3. The van der Waals surface area contributed by atoms with E-state index < -0.39 is 24.0 Å². The van der Waals surface area contributed by atoms with Crippen LogP contribution in [0.15, 0.2) is 0 Å². The van der Waals surface area contributed by atoms with Crippen molar-refractivity contribution in [2.24, 2.45) is 0 Å². The molecular weight excluding hydrogens is 216 g/mol. The van der Waals surface area contributed by atoms with Crippen LogP contribution in [-0.2, 0) is 23.7 Å². The maximum Gasteiger partial charge on any atom is 0.511 e. The topological polar surface area (TPSA) is 71.1 Å². The van der Waals surface area contributed by atoms with Crippen LogP contribution >= 0.6 is 0 Å². The van der Waals surface area contributed by atoms with E-state index in [1.807, 2.05) is 0 Å². The van der Waals surface area contributed by atoms with Crippen molar-refractivity contribution in [1.82, 2.24) is 0 Å². The maximum atomic E-state index is 11.1. The van der Waals surface area contributed by atoms with Crippen molar-refractivity contribution in [3.05, 3.63) is 0 Å². The molecule has 0 saturated heterocycles. The molecule has 0 fully saturated rings. The molecule has 16 heavy (non-hydrogen) atoms. The number of hydrogen-bond acceptors (Lipinski definition) is 6. The average Bonchev–Trinajstić information content (AvgIpc) is 1.98. The van der Waals surface area contributed by atoms with Crippen LogP contribution in [0.2, 0.25) is 0 Å². The van der Waals surface area contributed by atoms with Crippen LogP contribution in [0.3, 0.4) is 0 Å². The highest BCUT2D eigenvalue weighted by Crippen LogP contribution is 2.09. The predicted molar refractivity (Wildman–Crippen MR) is 54.7 cm³/mol. The summed E-state index contributed by atoms with van der Waals surface area (Å²) < 4.78 is 18.8. The van der Waals surface area contributed by atoms with E-state index in [9.17, 15) is 9.59 Å². The Hall–Kier alpha value is -1.30. The Balaban J connectivity index is 3.91. The van der Waals surface area contributed by atoms with Gasteiger partial charge in [0.05, 0.1) is 0 Å². The van der Waals surface area contributed by atoms with Gasteiger partial charge in [0.25, 0.3) is 0 Å². The summed E-state index contributed by atoms with van der Waals surface area (Å²) in [6.45, 7) is 6.33. The van der Waals surface area contributed by atoms with E-state index in [2.05, 4.69) is 14.2 Å². The smallest absolute Gasteiger partial charge is 0.428 e. The zero-order chi connectivity index (χ0) is 12.8. The van der Waals surface area contributed by atoms with Crippen LogP contribution in [0.5, 0.6) is 0 Å². The molecule has 6 heteroatoms. The molecule has 0 spiro atoms. The van der Waals surface area contributed by atoms with E-state index in [1.54, 1.807) is 20.8 Å². The van der Waals surface area contributed by atoms with Gasteiger partial charge in [-0.3, -0.25) is 0 Å². The van der Waals surface area contributed by atoms with Crippen molar-refractivity contribution in [2.75, 3.05) is 13.7 Å². The summed E-state index contributed by atoms with van der Waals surface area (Å²) in [5.41, 5.74) is -0.645. The number of carbonyl (C=O) groups excluding carboxylic acids is 2. The van der Waals surface area contributed by atoms with Gasteiger partial charge in [-0.2, -0.15) is 0 Å². The Bertz CT molecular complexity index is 242. The molecule has 0 N–H and O–H groups in total. The van der Waals surface area contributed by atoms with Crippen LogP contribution in [-0.4, -0.2) is 37.7 Å². The second-order valence-corrected chi connectivity index (χ2v) is 4.07. The lowest BCUT2D eigenvalue weighted by Crippen LogP contribution is -2.29. The first kappa shape index (κ1) is 14.7. The summed E-state index contributed by atoms with van der Waals surface area (Å²) >= 11 is 0. The molecule has 1 unspecified atom stereocenters. The fourth-order valence-corrected chi connectivity index (χ4v) is 0.771. The van der Waals surface area contributed by atoms with Gasteiger partial charge >= 0.3 is 12.1 Å². The minimum Gasteiger partial charge on any atom is -0.428 e. The van der Waals surface area contributed by atoms with Crippen molar-refractivity contribution in [2.45, 2.75) is 39.6 Å². The summed E-state index contributed by atoms with van der Waals surface area (Å²) in [6, 6.07) is 0. The molecule has 0 heterocycles. The monoisotopic (exact) mass is 234 g/mol. The van der Waals surface area contributed by atoms with E-state index in [0.29, 0.717) is 0 Å². The minimum atomic E-state index is -1.00. The molecule has 0 amide bonds. The van der Waals surface area contributed by atoms with Crippen molar-refractivity contribution in [1.29, 1.82) is 0 Å². The second-order valence-electron chi connectivity index (χ2n) is 4.07. The van der Waals surface area contributed by atoms with Crippen LogP contribution in [0.4, 0.5) is 4.79 Å². The van der Waals surface area contributed by atoms with E-state index in [-0.39, 0.29) is 6.61 Å². The zero-order valence-electron chi connectivity index (χ0n) is 10.2. The Kier molecular flexibility index (Phi) is 5.81. The van der Waals surface area contributed by atoms with Crippen molar-refractivity contribution < 1.29 is 28.5 Å². The van der Waals surface area contributed by atoms with Crippen molar-refractivity contribution in [3.63, 3.8) is 0 Å². The van der Waals surface area contributed by atoms with Gasteiger partial charge in [0.1, 0.15) is 12.2 Å². The Morgan fingerprint density at radius 1 is 1.19 bits per heavy atom. The third kappa shape index (κ3) is 8.05. The van der Waals surface area contributed by atoms with E-state index >= 15 is 0 Å². The van der Waals surface area contributed by atoms with Gasteiger partial charge in [-0.15, -0.1) is 0 Å². The number of esters is 1. The zero-order valence-corrected chi connectivity index (χ0v) is 10.2. The van der Waals surface area contributed by atoms with Crippen LogP contribution in [0.25, 0.3) is 0 Å². The van der Waals surface area contributed by atoms with Crippen LogP contribution in [0, 0.1) is 0 Å². The summed E-state index contributed by atoms with van der Waals surface area (Å²) in [7, 11) is 1.36. The first-order valence-electron chi connectivity index (χ1n) is 4.82. The van der Waals surface area contributed by atoms with E-state index in [4.69, 9.17) is 4.74 Å². The van der Waals surface area contributed by atoms with Gasteiger partial charge < -0.3 is 18.9 Å². The van der Waals surface area contributed by atoms with Gasteiger partial charge in [-0.05, 0) is 20.8 Å². The molecular formula is C10H18O6. The van der Waals surface area contributed by atoms with Gasteiger partial charge in [0, 0.05) is 14.0 Å². The Labute approximate surface area is 94.8 Å². The number of rotatable bonds is 4. The van der Waals surface area contributed by atoms with Crippen molar-refractivity contribution >= 4 is 12.1 Å². The fraction of sp³-hybridized carbons (Fsp3) is 0.800. The second kappa shape index (κ2) is 6.32. The molecule has 94 valence electrons. The van der Waals surface area contributed by atoms with Gasteiger partial charge in [0.15, 0.2) is 0 Å². The average molecular weight is 234 g/mol. The fourth-order valence-electron chi connectivity index (χ4n) is 0.771. The highest BCUT2D eigenvalue weighted by Gasteiger charge is 2.20. The summed E-state index contributed by atoms with van der Waals surface area (Å²) in [5.74, 6) is -0.612. The lowest BCUT2D eigenvalue weighted by molar-refractivity contribution is -0.173. The molecule has 0 aromatic carbocycles. The van der Waals surface area contributed by atoms with Crippen molar-refractivity contribution in [3.8, 4) is 0 Å². The molecule has 0 aromatic rings. The van der Waals surface area contributed by atoms with Gasteiger partial charge in [0.2, 0.25) is 6.29 Å². The number of hydrogen-bond donors (Lipinski definition) is 0. The number of ether oxygens (including phenoxy) is 4. The van der Waals surface area contributed by atoms with Crippen LogP contribution < -0.4 is 0 Å². The molecule has 1 atom stereocenters. The first-order chi connectivity index (χ1) is 7.24. The molecule has 0 aliphatic carbocycles. The third-order valence-corrected chi connectivity index (χ3v) is 1.21. The SMILES string of the molecule is COCC(=O)OC(C)OC(=O)OC(C)(C)C. The largest absolute Gasteiger partial charge is 0.511 e. The molecule has 0 bridgehead atoms. The number of methoxy groups -OCH3 is 1. The molecule has 0 aromatic heterocycles. The first-order valence-corrected chi connectivity index (χ1v) is 4.82.